The standard InChI is InChI=1S/C8H14N2O2/c1-5-6-7(2)10(3)8(11)9-12-4/h5-6H,2H2,1,3-4H3,(H,9,11)/b6-5-. The van der Waals surface area contributed by atoms with Crippen LogP contribution in [0.5, 0.6) is 0 Å². The van der Waals surface area contributed by atoms with E-state index in [-0.39, 0.29) is 6.03 Å². The zero-order chi connectivity index (χ0) is 9.56. The SMILES string of the molecule is C=C(/C=C\C)N(C)C(=O)NOC. The van der Waals surface area contributed by atoms with E-state index in [9.17, 15) is 4.79 Å². The maximum Gasteiger partial charge on any atom is 0.345 e. The summed E-state index contributed by atoms with van der Waals surface area (Å²) in [5.74, 6) is 0. The Hall–Kier alpha value is -1.29. The van der Waals surface area contributed by atoms with Crippen molar-refractivity contribution in [3.8, 4) is 0 Å². The van der Waals surface area contributed by atoms with E-state index in [1.165, 1.54) is 12.0 Å². The summed E-state index contributed by atoms with van der Waals surface area (Å²) in [5.41, 5.74) is 2.78. The summed E-state index contributed by atoms with van der Waals surface area (Å²) in [7, 11) is 2.99. The third kappa shape index (κ3) is 3.21. The van der Waals surface area contributed by atoms with Gasteiger partial charge >= 0.3 is 6.03 Å². The fourth-order valence-corrected chi connectivity index (χ4v) is 0.590. The molecule has 0 aliphatic rings. The maximum absolute atomic E-state index is 11.1. The van der Waals surface area contributed by atoms with Gasteiger partial charge in [0.1, 0.15) is 0 Å². The summed E-state index contributed by atoms with van der Waals surface area (Å²) in [6, 6.07) is -0.347. The van der Waals surface area contributed by atoms with Crippen LogP contribution in [0.4, 0.5) is 4.79 Å². The summed E-state index contributed by atoms with van der Waals surface area (Å²) in [5, 5.41) is 0. The molecule has 0 radical (unpaired) electrons. The molecule has 0 fully saturated rings. The molecule has 0 saturated heterocycles. The van der Waals surface area contributed by atoms with Crippen molar-refractivity contribution in [3.63, 3.8) is 0 Å². The average Bonchev–Trinajstić information content (AvgIpc) is 2.04. The number of nitrogens with zero attached hydrogens (tertiary/aromatic N) is 1. The lowest BCUT2D eigenvalue weighted by Crippen LogP contribution is -2.35. The van der Waals surface area contributed by atoms with Crippen molar-refractivity contribution in [3.05, 3.63) is 24.4 Å². The maximum atomic E-state index is 11.1. The Kier molecular flexibility index (Phi) is 4.79. The molecule has 0 heterocycles. The number of allylic oxidation sites excluding steroid dienone is 2. The summed E-state index contributed by atoms with van der Waals surface area (Å²) in [4.78, 5) is 16.9. The number of amides is 2. The molecule has 0 aromatic carbocycles. The third-order valence-corrected chi connectivity index (χ3v) is 1.28. The Balaban J connectivity index is 4.09. The number of carbonyl (C=O) groups is 1. The molecular weight excluding hydrogens is 156 g/mol. The first-order valence-corrected chi connectivity index (χ1v) is 3.51. The van der Waals surface area contributed by atoms with Crippen LogP contribution in [-0.2, 0) is 4.84 Å². The second-order valence-corrected chi connectivity index (χ2v) is 2.16. The largest absolute Gasteiger partial charge is 0.345 e. The van der Waals surface area contributed by atoms with E-state index in [1.807, 2.05) is 6.92 Å². The van der Waals surface area contributed by atoms with Crippen molar-refractivity contribution in [1.82, 2.24) is 10.4 Å². The van der Waals surface area contributed by atoms with Crippen molar-refractivity contribution in [2.24, 2.45) is 0 Å². The molecule has 12 heavy (non-hydrogen) atoms. The first-order chi connectivity index (χ1) is 5.63. The van der Waals surface area contributed by atoms with Gasteiger partial charge in [0.15, 0.2) is 0 Å². The average molecular weight is 170 g/mol. The first-order valence-electron chi connectivity index (χ1n) is 3.51. The molecule has 0 rings (SSSR count). The highest BCUT2D eigenvalue weighted by Gasteiger charge is 2.07. The lowest BCUT2D eigenvalue weighted by atomic mass is 10.4. The van der Waals surface area contributed by atoms with E-state index in [1.54, 1.807) is 19.2 Å². The number of rotatable bonds is 3. The molecule has 0 aromatic rings. The van der Waals surface area contributed by atoms with Crippen LogP contribution >= 0.6 is 0 Å². The van der Waals surface area contributed by atoms with E-state index in [0.717, 1.165) is 0 Å². The summed E-state index contributed by atoms with van der Waals surface area (Å²) >= 11 is 0. The van der Waals surface area contributed by atoms with Crippen molar-refractivity contribution in [1.29, 1.82) is 0 Å². The van der Waals surface area contributed by atoms with E-state index in [0.29, 0.717) is 5.70 Å². The van der Waals surface area contributed by atoms with Gasteiger partial charge in [0.25, 0.3) is 0 Å². The molecule has 0 aromatic heterocycles. The Labute approximate surface area is 72.5 Å². The third-order valence-electron chi connectivity index (χ3n) is 1.28. The zero-order valence-electron chi connectivity index (χ0n) is 7.63. The van der Waals surface area contributed by atoms with Crippen LogP contribution in [0, 0.1) is 0 Å². The highest BCUT2D eigenvalue weighted by molar-refractivity contribution is 5.75. The minimum atomic E-state index is -0.347. The molecule has 0 atom stereocenters. The molecule has 0 aliphatic heterocycles. The molecule has 4 nitrogen and oxygen atoms in total. The number of hydrogen-bond acceptors (Lipinski definition) is 2. The number of likely N-dealkylation sites (N-methyl/N-ethyl adjacent to an activating group) is 1. The van der Waals surface area contributed by atoms with E-state index < -0.39 is 0 Å². The van der Waals surface area contributed by atoms with Gasteiger partial charge in [-0.3, -0.25) is 9.74 Å². The Bertz CT molecular complexity index is 199. The van der Waals surface area contributed by atoms with Gasteiger partial charge in [-0.25, -0.2) is 10.3 Å². The van der Waals surface area contributed by atoms with Crippen molar-refractivity contribution >= 4 is 6.03 Å². The molecule has 2 amide bonds. The van der Waals surface area contributed by atoms with Crippen LogP contribution in [0.15, 0.2) is 24.4 Å². The molecule has 0 bridgehead atoms. The summed E-state index contributed by atoms with van der Waals surface area (Å²) in [6.07, 6.45) is 3.54. The van der Waals surface area contributed by atoms with E-state index in [4.69, 9.17) is 0 Å². The highest BCUT2D eigenvalue weighted by Crippen LogP contribution is 1.99. The Morgan fingerprint density at radius 3 is 2.67 bits per heavy atom. The second kappa shape index (κ2) is 5.37. The first kappa shape index (κ1) is 10.7. The molecule has 4 heteroatoms. The number of hydroxylamine groups is 1. The van der Waals surface area contributed by atoms with Crippen molar-refractivity contribution in [2.75, 3.05) is 14.2 Å². The number of urea groups is 1. The normalized spacial score (nSPS) is 9.92. The fourth-order valence-electron chi connectivity index (χ4n) is 0.590. The van der Waals surface area contributed by atoms with E-state index >= 15 is 0 Å². The van der Waals surface area contributed by atoms with Gasteiger partial charge in [-0.15, -0.1) is 0 Å². The molecule has 0 saturated carbocycles. The van der Waals surface area contributed by atoms with Crippen LogP contribution < -0.4 is 5.48 Å². The predicted octanol–water partition coefficient (Wildman–Crippen LogP) is 1.28. The molecule has 68 valence electrons. The molecule has 0 unspecified atom stereocenters. The van der Waals surface area contributed by atoms with Gasteiger partial charge in [0.2, 0.25) is 0 Å². The van der Waals surface area contributed by atoms with Crippen molar-refractivity contribution in [2.45, 2.75) is 6.92 Å². The highest BCUT2D eigenvalue weighted by atomic mass is 16.6. The quantitative estimate of drug-likeness (QED) is 0.512. The molecule has 0 aliphatic carbocycles. The predicted molar refractivity (Wildman–Crippen MR) is 47.3 cm³/mol. The summed E-state index contributed by atoms with van der Waals surface area (Å²) in [6.45, 7) is 5.52. The van der Waals surface area contributed by atoms with Gasteiger partial charge < -0.3 is 0 Å². The number of hydrogen-bond donors (Lipinski definition) is 1. The van der Waals surface area contributed by atoms with Crippen LogP contribution in [0.25, 0.3) is 0 Å². The fraction of sp³-hybridized carbons (Fsp3) is 0.375. The molecular formula is C8H14N2O2. The van der Waals surface area contributed by atoms with Crippen molar-refractivity contribution < 1.29 is 9.63 Å². The Morgan fingerprint density at radius 2 is 2.25 bits per heavy atom. The lowest BCUT2D eigenvalue weighted by Gasteiger charge is -2.16. The smallest absolute Gasteiger partial charge is 0.296 e. The number of carbonyl (C=O) groups excluding carboxylic acids is 1. The minimum absolute atomic E-state index is 0.347. The van der Waals surface area contributed by atoms with Crippen LogP contribution in [0.2, 0.25) is 0 Å². The lowest BCUT2D eigenvalue weighted by molar-refractivity contribution is 0.0959. The van der Waals surface area contributed by atoms with Gasteiger partial charge in [-0.1, -0.05) is 12.7 Å². The number of nitrogens with one attached hydrogen (secondary N) is 1. The minimum Gasteiger partial charge on any atom is -0.296 e. The van der Waals surface area contributed by atoms with E-state index in [2.05, 4.69) is 16.9 Å². The van der Waals surface area contributed by atoms with Gasteiger partial charge in [-0.2, -0.15) is 0 Å². The Morgan fingerprint density at radius 1 is 1.67 bits per heavy atom. The van der Waals surface area contributed by atoms with Gasteiger partial charge in [0.05, 0.1) is 7.11 Å². The van der Waals surface area contributed by atoms with Gasteiger partial charge in [0, 0.05) is 12.7 Å². The molecule has 0 spiro atoms. The zero-order valence-corrected chi connectivity index (χ0v) is 7.63. The van der Waals surface area contributed by atoms with Gasteiger partial charge in [-0.05, 0) is 13.0 Å². The van der Waals surface area contributed by atoms with Crippen LogP contribution in [-0.4, -0.2) is 25.1 Å². The monoisotopic (exact) mass is 170 g/mol. The molecule has 1 N–H and O–H groups in total. The topological polar surface area (TPSA) is 41.6 Å². The summed E-state index contributed by atoms with van der Waals surface area (Å²) < 4.78 is 0. The van der Waals surface area contributed by atoms with Crippen LogP contribution in [0.3, 0.4) is 0 Å². The second-order valence-electron chi connectivity index (χ2n) is 2.16. The van der Waals surface area contributed by atoms with Crippen LogP contribution in [0.1, 0.15) is 6.92 Å².